The van der Waals surface area contributed by atoms with Crippen LogP contribution < -0.4 is 5.32 Å². The number of hydrogen-bond donors (Lipinski definition) is 2. The second-order valence-corrected chi connectivity index (χ2v) is 4.71. The molecule has 0 spiro atoms. The molecule has 0 radical (unpaired) electrons. The minimum absolute atomic E-state index is 0.546. The first-order valence-electron chi connectivity index (χ1n) is 5.86. The van der Waals surface area contributed by atoms with Crippen LogP contribution in [0.3, 0.4) is 0 Å². The molecule has 4 heteroatoms. The number of aryl methyl sites for hydroxylation is 1. The molecular formula is C13H22N2O2. The van der Waals surface area contributed by atoms with Crippen molar-refractivity contribution >= 4 is 0 Å². The molecule has 0 saturated carbocycles. The SMILES string of the molecule is COCCC(C)(O)CNCc1cncc(C)c1. The monoisotopic (exact) mass is 238 g/mol. The van der Waals surface area contributed by atoms with Crippen molar-refractivity contribution in [2.45, 2.75) is 32.4 Å². The molecule has 1 aromatic rings. The van der Waals surface area contributed by atoms with Crippen molar-refractivity contribution in [2.24, 2.45) is 0 Å². The first-order valence-corrected chi connectivity index (χ1v) is 5.86. The Hall–Kier alpha value is -0.970. The van der Waals surface area contributed by atoms with Crippen molar-refractivity contribution in [1.82, 2.24) is 10.3 Å². The zero-order valence-electron chi connectivity index (χ0n) is 10.9. The average molecular weight is 238 g/mol. The quantitative estimate of drug-likeness (QED) is 0.751. The number of nitrogens with zero attached hydrogens (tertiary/aromatic N) is 1. The fourth-order valence-corrected chi connectivity index (χ4v) is 1.60. The molecule has 1 rings (SSSR count). The lowest BCUT2D eigenvalue weighted by atomic mass is 10.0. The Bertz CT molecular complexity index is 340. The van der Waals surface area contributed by atoms with E-state index >= 15 is 0 Å². The molecule has 2 N–H and O–H groups in total. The molecule has 1 unspecified atom stereocenters. The summed E-state index contributed by atoms with van der Waals surface area (Å²) in [4.78, 5) is 4.13. The zero-order valence-corrected chi connectivity index (χ0v) is 10.9. The highest BCUT2D eigenvalue weighted by atomic mass is 16.5. The number of rotatable bonds is 7. The standard InChI is InChI=1S/C13H22N2O2/c1-11-6-12(8-14-7-11)9-15-10-13(2,16)4-5-17-3/h6-8,15-16H,4-5,9-10H2,1-3H3. The predicted octanol–water partition coefficient (Wildman–Crippen LogP) is 1.27. The summed E-state index contributed by atoms with van der Waals surface area (Å²) in [5.74, 6) is 0. The fraction of sp³-hybridized carbons (Fsp3) is 0.615. The van der Waals surface area contributed by atoms with Gasteiger partial charge in [0.1, 0.15) is 0 Å². The Morgan fingerprint density at radius 2 is 2.24 bits per heavy atom. The zero-order chi connectivity index (χ0) is 12.7. The predicted molar refractivity (Wildman–Crippen MR) is 67.8 cm³/mol. The highest BCUT2D eigenvalue weighted by Gasteiger charge is 2.18. The molecule has 1 aromatic heterocycles. The largest absolute Gasteiger partial charge is 0.389 e. The van der Waals surface area contributed by atoms with Crippen LogP contribution in [0.2, 0.25) is 0 Å². The van der Waals surface area contributed by atoms with Gasteiger partial charge < -0.3 is 15.2 Å². The molecule has 0 aliphatic rings. The van der Waals surface area contributed by atoms with Crippen LogP contribution in [0.4, 0.5) is 0 Å². The summed E-state index contributed by atoms with van der Waals surface area (Å²) >= 11 is 0. The smallest absolute Gasteiger partial charge is 0.0765 e. The molecule has 0 amide bonds. The number of aliphatic hydroxyl groups is 1. The number of pyridine rings is 1. The van der Waals surface area contributed by atoms with Crippen molar-refractivity contribution in [3.63, 3.8) is 0 Å². The Morgan fingerprint density at radius 1 is 1.47 bits per heavy atom. The van der Waals surface area contributed by atoms with E-state index in [1.165, 1.54) is 0 Å². The van der Waals surface area contributed by atoms with Crippen LogP contribution in [0, 0.1) is 6.92 Å². The van der Waals surface area contributed by atoms with Crippen LogP contribution in [0.1, 0.15) is 24.5 Å². The van der Waals surface area contributed by atoms with E-state index in [4.69, 9.17) is 4.74 Å². The molecular weight excluding hydrogens is 216 g/mol. The van der Waals surface area contributed by atoms with Crippen LogP contribution in [0.15, 0.2) is 18.5 Å². The Morgan fingerprint density at radius 3 is 2.88 bits per heavy atom. The average Bonchev–Trinajstić information content (AvgIpc) is 2.26. The summed E-state index contributed by atoms with van der Waals surface area (Å²) in [6, 6.07) is 2.09. The van der Waals surface area contributed by atoms with Crippen molar-refractivity contribution in [3.8, 4) is 0 Å². The van der Waals surface area contributed by atoms with Gasteiger partial charge >= 0.3 is 0 Å². The number of hydrogen-bond acceptors (Lipinski definition) is 4. The summed E-state index contributed by atoms with van der Waals surface area (Å²) in [6.07, 6.45) is 4.30. The molecule has 1 atom stereocenters. The van der Waals surface area contributed by atoms with Gasteiger partial charge in [-0.3, -0.25) is 4.98 Å². The third-order valence-electron chi connectivity index (χ3n) is 2.61. The van der Waals surface area contributed by atoms with E-state index in [1.54, 1.807) is 7.11 Å². The molecule has 0 aliphatic heterocycles. The molecule has 0 bridgehead atoms. The summed E-state index contributed by atoms with van der Waals surface area (Å²) in [6.45, 7) is 5.67. The molecule has 0 fully saturated rings. The Kier molecular flexibility index (Phi) is 5.55. The molecule has 4 nitrogen and oxygen atoms in total. The highest BCUT2D eigenvalue weighted by molar-refractivity contribution is 5.16. The number of methoxy groups -OCH3 is 1. The highest BCUT2D eigenvalue weighted by Crippen LogP contribution is 2.08. The normalized spacial score (nSPS) is 14.6. The fourth-order valence-electron chi connectivity index (χ4n) is 1.60. The summed E-state index contributed by atoms with van der Waals surface area (Å²) in [5.41, 5.74) is 1.55. The second kappa shape index (κ2) is 6.69. The van der Waals surface area contributed by atoms with E-state index < -0.39 is 5.60 Å². The summed E-state index contributed by atoms with van der Waals surface area (Å²) in [7, 11) is 1.64. The van der Waals surface area contributed by atoms with E-state index in [2.05, 4.69) is 16.4 Å². The van der Waals surface area contributed by atoms with Crippen LogP contribution in [0.25, 0.3) is 0 Å². The molecule has 1 heterocycles. The van der Waals surface area contributed by atoms with Gasteiger partial charge in [0.05, 0.1) is 5.60 Å². The maximum atomic E-state index is 10.0. The van der Waals surface area contributed by atoms with Gasteiger partial charge in [0.2, 0.25) is 0 Å². The van der Waals surface area contributed by atoms with Gasteiger partial charge in [-0.05, 0) is 25.0 Å². The van der Waals surface area contributed by atoms with Crippen LogP contribution in [0.5, 0.6) is 0 Å². The van der Waals surface area contributed by atoms with Gasteiger partial charge in [-0.25, -0.2) is 0 Å². The third-order valence-corrected chi connectivity index (χ3v) is 2.61. The van der Waals surface area contributed by atoms with Gasteiger partial charge in [0, 0.05) is 45.6 Å². The second-order valence-electron chi connectivity index (χ2n) is 4.71. The molecule has 0 aliphatic carbocycles. The van der Waals surface area contributed by atoms with Crippen molar-refractivity contribution < 1.29 is 9.84 Å². The van der Waals surface area contributed by atoms with Crippen molar-refractivity contribution in [2.75, 3.05) is 20.3 Å². The third kappa shape index (κ3) is 5.77. The van der Waals surface area contributed by atoms with E-state index in [-0.39, 0.29) is 0 Å². The Labute approximate surface area is 103 Å². The van der Waals surface area contributed by atoms with Crippen molar-refractivity contribution in [1.29, 1.82) is 0 Å². The van der Waals surface area contributed by atoms with Crippen LogP contribution >= 0.6 is 0 Å². The molecule has 0 aromatic carbocycles. The van der Waals surface area contributed by atoms with E-state index in [0.29, 0.717) is 19.6 Å². The number of nitrogens with one attached hydrogen (secondary N) is 1. The van der Waals surface area contributed by atoms with Gasteiger partial charge in [0.25, 0.3) is 0 Å². The van der Waals surface area contributed by atoms with Gasteiger partial charge in [-0.2, -0.15) is 0 Å². The molecule has 96 valence electrons. The number of ether oxygens (including phenoxy) is 1. The summed E-state index contributed by atoms with van der Waals surface area (Å²) in [5, 5.41) is 13.3. The van der Waals surface area contributed by atoms with E-state index in [1.807, 2.05) is 26.2 Å². The molecule has 0 saturated heterocycles. The maximum absolute atomic E-state index is 10.0. The van der Waals surface area contributed by atoms with Gasteiger partial charge in [0.15, 0.2) is 0 Å². The minimum Gasteiger partial charge on any atom is -0.389 e. The maximum Gasteiger partial charge on any atom is 0.0765 e. The topological polar surface area (TPSA) is 54.4 Å². The number of aromatic nitrogens is 1. The summed E-state index contributed by atoms with van der Waals surface area (Å²) < 4.78 is 4.96. The van der Waals surface area contributed by atoms with Crippen LogP contribution in [-0.2, 0) is 11.3 Å². The first-order chi connectivity index (χ1) is 8.03. The van der Waals surface area contributed by atoms with Crippen molar-refractivity contribution in [3.05, 3.63) is 29.6 Å². The minimum atomic E-state index is -0.729. The van der Waals surface area contributed by atoms with Gasteiger partial charge in [-0.15, -0.1) is 0 Å². The van der Waals surface area contributed by atoms with Gasteiger partial charge in [-0.1, -0.05) is 6.07 Å². The lowest BCUT2D eigenvalue weighted by Gasteiger charge is -2.23. The molecule has 17 heavy (non-hydrogen) atoms. The Balaban J connectivity index is 2.32. The van der Waals surface area contributed by atoms with E-state index in [0.717, 1.165) is 17.7 Å². The van der Waals surface area contributed by atoms with E-state index in [9.17, 15) is 5.11 Å². The first kappa shape index (κ1) is 14.1. The lowest BCUT2D eigenvalue weighted by molar-refractivity contribution is 0.0247. The van der Waals surface area contributed by atoms with Crippen LogP contribution in [-0.4, -0.2) is 36.0 Å². The lowest BCUT2D eigenvalue weighted by Crippen LogP contribution is -2.38.